The van der Waals surface area contributed by atoms with Crippen LogP contribution in [0.4, 0.5) is 18.0 Å². The van der Waals surface area contributed by atoms with Crippen LogP contribution in [0.3, 0.4) is 0 Å². The zero-order chi connectivity index (χ0) is 21.8. The number of nitrogens with zero attached hydrogens (tertiary/aromatic N) is 1. The van der Waals surface area contributed by atoms with Gasteiger partial charge in [-0.15, -0.1) is 0 Å². The van der Waals surface area contributed by atoms with Crippen molar-refractivity contribution in [2.24, 2.45) is 5.73 Å². The Hall–Kier alpha value is -1.92. The Bertz CT molecular complexity index is 718. The van der Waals surface area contributed by atoms with Crippen molar-refractivity contribution in [3.05, 3.63) is 35.1 Å². The van der Waals surface area contributed by atoms with E-state index in [1.54, 1.807) is 6.92 Å². The van der Waals surface area contributed by atoms with Gasteiger partial charge in [-0.05, 0) is 24.6 Å². The highest BCUT2D eigenvalue weighted by Gasteiger charge is 2.58. The van der Waals surface area contributed by atoms with Crippen LogP contribution in [0.1, 0.15) is 12.5 Å². The molecule has 3 atom stereocenters. The highest BCUT2D eigenvalue weighted by Crippen LogP contribution is 2.43. The molecular formula is C18H26F3N3O5. The van der Waals surface area contributed by atoms with Crippen molar-refractivity contribution in [2.75, 3.05) is 46.6 Å². The summed E-state index contributed by atoms with van der Waals surface area (Å²) in [5.41, 5.74) is 2.44. The molecule has 0 aliphatic carbocycles. The average molecular weight is 421 g/mol. The van der Waals surface area contributed by atoms with Gasteiger partial charge in [0.25, 0.3) is 0 Å². The fourth-order valence-electron chi connectivity index (χ4n) is 3.61. The normalized spacial score (nSPS) is 25.9. The van der Waals surface area contributed by atoms with Gasteiger partial charge in [-0.25, -0.2) is 18.0 Å². The lowest BCUT2D eigenvalue weighted by atomic mass is 9.75. The van der Waals surface area contributed by atoms with Crippen molar-refractivity contribution >= 4 is 6.03 Å². The third-order valence-electron chi connectivity index (χ3n) is 5.17. The third kappa shape index (κ3) is 4.81. The number of aliphatic hydroxyl groups excluding tert-OH is 2. The molecule has 2 unspecified atom stereocenters. The molecule has 0 spiro atoms. The fourth-order valence-corrected chi connectivity index (χ4v) is 3.61. The Morgan fingerprint density at radius 3 is 2.48 bits per heavy atom. The van der Waals surface area contributed by atoms with Crippen LogP contribution in [0.5, 0.6) is 0 Å². The Kier molecular flexibility index (Phi) is 7.46. The first-order chi connectivity index (χ1) is 13.6. The summed E-state index contributed by atoms with van der Waals surface area (Å²) in [7, 11) is 1.50. The Morgan fingerprint density at radius 1 is 1.34 bits per heavy atom. The second kappa shape index (κ2) is 9.26. The smallest absolute Gasteiger partial charge is 0.314 e. The standard InChI is InChI=1S/C18H26F3N3O5/c1-17(11-5-13(19)15(21)14(20)6-11)9-24(3-4-28-2)10-18(17,23-16(22)27)29-8-12(26)7-25/h5-6,12,25-26H,3-4,7-10H2,1-2H3,(H3,22,23,27)/t12-,17?,18?/m1/s1. The van der Waals surface area contributed by atoms with Crippen LogP contribution in [0.2, 0.25) is 0 Å². The minimum atomic E-state index is -1.63. The Labute approximate surface area is 166 Å². The van der Waals surface area contributed by atoms with Crippen molar-refractivity contribution in [3.63, 3.8) is 0 Å². The molecule has 164 valence electrons. The summed E-state index contributed by atoms with van der Waals surface area (Å²) in [6.07, 6.45) is -1.26. The minimum Gasteiger partial charge on any atom is -0.394 e. The van der Waals surface area contributed by atoms with E-state index in [9.17, 15) is 23.1 Å². The molecule has 1 aromatic carbocycles. The number of benzene rings is 1. The molecule has 2 amide bonds. The van der Waals surface area contributed by atoms with Crippen molar-refractivity contribution in [1.82, 2.24) is 10.2 Å². The summed E-state index contributed by atoms with van der Waals surface area (Å²) >= 11 is 0. The van der Waals surface area contributed by atoms with Crippen LogP contribution < -0.4 is 11.1 Å². The summed E-state index contributed by atoms with van der Waals surface area (Å²) in [5, 5.41) is 21.3. The fraction of sp³-hybridized carbons (Fsp3) is 0.611. The van der Waals surface area contributed by atoms with E-state index < -0.39 is 53.9 Å². The lowest BCUT2D eigenvalue weighted by Crippen LogP contribution is -2.64. The number of ether oxygens (including phenoxy) is 2. The first-order valence-electron chi connectivity index (χ1n) is 8.95. The topological polar surface area (TPSA) is 117 Å². The van der Waals surface area contributed by atoms with E-state index >= 15 is 0 Å². The SMILES string of the molecule is COCCN1CC(NC(N)=O)(OC[C@H](O)CO)C(C)(c2cc(F)c(F)c(F)c2)C1. The number of nitrogens with two attached hydrogens (primary N) is 1. The zero-order valence-corrected chi connectivity index (χ0v) is 16.3. The Morgan fingerprint density at radius 2 is 1.97 bits per heavy atom. The van der Waals surface area contributed by atoms with Gasteiger partial charge in [0.1, 0.15) is 6.10 Å². The van der Waals surface area contributed by atoms with Gasteiger partial charge in [0.2, 0.25) is 0 Å². The number of likely N-dealkylation sites (tertiary alicyclic amines) is 1. The summed E-state index contributed by atoms with van der Waals surface area (Å²) in [5.74, 6) is -4.39. The van der Waals surface area contributed by atoms with Gasteiger partial charge in [-0.3, -0.25) is 4.90 Å². The molecule has 2 rings (SSSR count). The van der Waals surface area contributed by atoms with Crippen molar-refractivity contribution in [3.8, 4) is 0 Å². The summed E-state index contributed by atoms with van der Waals surface area (Å²) in [6, 6.07) is 0.703. The average Bonchev–Trinajstić information content (AvgIpc) is 2.94. The number of hydrogen-bond donors (Lipinski definition) is 4. The second-order valence-electron chi connectivity index (χ2n) is 7.25. The van der Waals surface area contributed by atoms with E-state index in [4.69, 9.17) is 20.3 Å². The molecule has 0 saturated carbocycles. The first kappa shape index (κ1) is 23.4. The van der Waals surface area contributed by atoms with Crippen LogP contribution in [-0.4, -0.2) is 79.5 Å². The molecule has 1 heterocycles. The molecule has 8 nitrogen and oxygen atoms in total. The van der Waals surface area contributed by atoms with Gasteiger partial charge >= 0.3 is 6.03 Å². The number of carbonyl (C=O) groups excluding carboxylic acids is 1. The van der Waals surface area contributed by atoms with Gasteiger partial charge in [0.15, 0.2) is 23.2 Å². The maximum Gasteiger partial charge on any atom is 0.314 e. The molecule has 11 heteroatoms. The van der Waals surface area contributed by atoms with E-state index in [-0.39, 0.29) is 18.7 Å². The minimum absolute atomic E-state index is 0.0288. The molecule has 0 bridgehead atoms. The highest BCUT2D eigenvalue weighted by atomic mass is 19.2. The van der Waals surface area contributed by atoms with Crippen LogP contribution in [-0.2, 0) is 14.9 Å². The molecule has 1 aliphatic rings. The molecule has 1 fully saturated rings. The second-order valence-corrected chi connectivity index (χ2v) is 7.25. The summed E-state index contributed by atoms with van der Waals surface area (Å²) < 4.78 is 52.3. The molecule has 1 aliphatic heterocycles. The molecule has 29 heavy (non-hydrogen) atoms. The number of carbonyl (C=O) groups is 1. The van der Waals surface area contributed by atoms with Gasteiger partial charge in [-0.2, -0.15) is 0 Å². The third-order valence-corrected chi connectivity index (χ3v) is 5.17. The monoisotopic (exact) mass is 421 g/mol. The molecular weight excluding hydrogens is 395 g/mol. The number of nitrogens with one attached hydrogen (secondary N) is 1. The van der Waals surface area contributed by atoms with Crippen LogP contribution >= 0.6 is 0 Å². The van der Waals surface area contributed by atoms with E-state index in [1.807, 2.05) is 4.90 Å². The Balaban J connectivity index is 2.55. The number of hydrogen-bond acceptors (Lipinski definition) is 6. The number of halogens is 3. The van der Waals surface area contributed by atoms with Crippen molar-refractivity contribution < 1.29 is 37.7 Å². The van der Waals surface area contributed by atoms with E-state index in [2.05, 4.69) is 5.32 Å². The number of methoxy groups -OCH3 is 1. The van der Waals surface area contributed by atoms with Crippen LogP contribution in [0.25, 0.3) is 0 Å². The lowest BCUT2D eigenvalue weighted by molar-refractivity contribution is -0.120. The summed E-state index contributed by atoms with van der Waals surface area (Å²) in [6.45, 7) is 1.49. The van der Waals surface area contributed by atoms with Gasteiger partial charge in [-0.1, -0.05) is 0 Å². The van der Waals surface area contributed by atoms with Gasteiger partial charge in [0, 0.05) is 26.7 Å². The van der Waals surface area contributed by atoms with Gasteiger partial charge < -0.3 is 30.7 Å². The summed E-state index contributed by atoms with van der Waals surface area (Å²) in [4.78, 5) is 13.6. The molecule has 5 N–H and O–H groups in total. The van der Waals surface area contributed by atoms with Crippen molar-refractivity contribution in [1.29, 1.82) is 0 Å². The zero-order valence-electron chi connectivity index (χ0n) is 16.3. The molecule has 0 radical (unpaired) electrons. The number of primary amides is 1. The maximum atomic E-state index is 14.0. The van der Waals surface area contributed by atoms with Crippen LogP contribution in [0.15, 0.2) is 12.1 Å². The highest BCUT2D eigenvalue weighted by molar-refractivity contribution is 5.73. The van der Waals surface area contributed by atoms with E-state index in [1.165, 1.54) is 7.11 Å². The van der Waals surface area contributed by atoms with E-state index in [0.717, 1.165) is 12.1 Å². The van der Waals surface area contributed by atoms with Gasteiger partial charge in [0.05, 0.1) is 25.2 Å². The molecule has 1 saturated heterocycles. The number of amides is 2. The first-order valence-corrected chi connectivity index (χ1v) is 8.95. The number of urea groups is 1. The van der Waals surface area contributed by atoms with Crippen LogP contribution in [0, 0.1) is 17.5 Å². The molecule has 1 aromatic rings. The van der Waals surface area contributed by atoms with Crippen molar-refractivity contribution in [2.45, 2.75) is 24.2 Å². The number of aliphatic hydroxyl groups is 2. The predicted molar refractivity (Wildman–Crippen MR) is 96.5 cm³/mol. The largest absolute Gasteiger partial charge is 0.394 e. The lowest BCUT2D eigenvalue weighted by Gasteiger charge is -2.43. The maximum absolute atomic E-state index is 14.0. The predicted octanol–water partition coefficient (Wildman–Crippen LogP) is 0.0580. The number of rotatable bonds is 9. The van der Waals surface area contributed by atoms with E-state index in [0.29, 0.717) is 13.2 Å². The quantitative estimate of drug-likeness (QED) is 0.331. The molecule has 0 aromatic heterocycles.